The van der Waals surface area contributed by atoms with Gasteiger partial charge < -0.3 is 10.8 Å². The van der Waals surface area contributed by atoms with Crippen molar-refractivity contribution in [3.63, 3.8) is 0 Å². The van der Waals surface area contributed by atoms with Gasteiger partial charge in [0.05, 0.1) is 5.69 Å². The molecule has 0 spiro atoms. The lowest BCUT2D eigenvalue weighted by Gasteiger charge is -2.15. The first-order valence-electron chi connectivity index (χ1n) is 9.73. The Morgan fingerprint density at radius 1 is 1.07 bits per heavy atom. The lowest BCUT2D eigenvalue weighted by atomic mass is 10.0. The molecule has 0 fully saturated rings. The van der Waals surface area contributed by atoms with Gasteiger partial charge in [0.1, 0.15) is 11.3 Å². The molecule has 146 valence electrons. The number of hydrogen-bond acceptors (Lipinski definition) is 6. The molecule has 3 aromatic heterocycles. The molecule has 5 rings (SSSR count). The van der Waals surface area contributed by atoms with Gasteiger partial charge in [-0.2, -0.15) is 0 Å². The molecule has 1 atom stereocenters. The topological polar surface area (TPSA) is 97.8 Å². The molecule has 0 aliphatic heterocycles. The summed E-state index contributed by atoms with van der Waals surface area (Å²) in [6.07, 6.45) is 4.67. The van der Waals surface area contributed by atoms with Gasteiger partial charge in [-0.1, -0.05) is 30.0 Å². The van der Waals surface area contributed by atoms with Gasteiger partial charge in [0, 0.05) is 34.6 Å². The minimum Gasteiger partial charge on any atom is -0.382 e. The molecule has 30 heavy (non-hydrogen) atoms. The Balaban J connectivity index is 1.53. The van der Waals surface area contributed by atoms with E-state index >= 15 is 0 Å². The number of rotatable bonds is 1. The van der Waals surface area contributed by atoms with Crippen LogP contribution in [0.25, 0.3) is 22.3 Å². The average molecular weight is 393 g/mol. The van der Waals surface area contributed by atoms with Crippen LogP contribution in [0, 0.1) is 18.8 Å². The Kier molecular flexibility index (Phi) is 4.19. The van der Waals surface area contributed by atoms with Crippen LogP contribution in [0.2, 0.25) is 0 Å². The van der Waals surface area contributed by atoms with Gasteiger partial charge in [0.25, 0.3) is 0 Å². The molecule has 0 amide bonds. The number of anilines is 1. The van der Waals surface area contributed by atoms with E-state index in [0.29, 0.717) is 29.3 Å². The zero-order valence-corrected chi connectivity index (χ0v) is 16.4. The molecular formula is C24H19N5O. The maximum absolute atomic E-state index is 11.0. The third-order valence-electron chi connectivity index (χ3n) is 5.41. The summed E-state index contributed by atoms with van der Waals surface area (Å²) in [6, 6.07) is 13.4. The number of aromatic nitrogens is 4. The number of hydrogen-bond donors (Lipinski definition) is 2. The van der Waals surface area contributed by atoms with E-state index in [1.165, 1.54) is 0 Å². The van der Waals surface area contributed by atoms with E-state index < -0.39 is 5.60 Å². The van der Waals surface area contributed by atoms with Crippen molar-refractivity contribution < 1.29 is 5.11 Å². The molecule has 1 aromatic carbocycles. The molecule has 0 bridgehead atoms. The van der Waals surface area contributed by atoms with E-state index in [0.717, 1.165) is 34.2 Å². The maximum Gasteiger partial charge on any atom is 0.168 e. The van der Waals surface area contributed by atoms with Crippen LogP contribution in [-0.4, -0.2) is 25.0 Å². The molecule has 6 heteroatoms. The van der Waals surface area contributed by atoms with Crippen molar-refractivity contribution in [3.8, 4) is 23.2 Å². The predicted molar refractivity (Wildman–Crippen MR) is 115 cm³/mol. The Morgan fingerprint density at radius 2 is 1.97 bits per heavy atom. The molecule has 6 nitrogen and oxygen atoms in total. The Hall–Kier alpha value is -3.82. The van der Waals surface area contributed by atoms with E-state index in [2.05, 4.69) is 31.8 Å². The molecule has 3 heterocycles. The van der Waals surface area contributed by atoms with Gasteiger partial charge in [0.15, 0.2) is 11.4 Å². The fraction of sp³-hybridized carbons (Fsp3) is 0.167. The van der Waals surface area contributed by atoms with Gasteiger partial charge in [-0.25, -0.2) is 15.0 Å². The van der Waals surface area contributed by atoms with Crippen LogP contribution >= 0.6 is 0 Å². The lowest BCUT2D eigenvalue weighted by molar-refractivity contribution is 0.0982. The van der Waals surface area contributed by atoms with Crippen molar-refractivity contribution in [1.82, 2.24) is 19.9 Å². The Labute approximate surface area is 173 Å². The largest absolute Gasteiger partial charge is 0.382 e. The fourth-order valence-corrected chi connectivity index (χ4v) is 3.84. The molecule has 0 radical (unpaired) electrons. The molecule has 4 aromatic rings. The van der Waals surface area contributed by atoms with Gasteiger partial charge in [0.2, 0.25) is 0 Å². The summed E-state index contributed by atoms with van der Waals surface area (Å²) in [7, 11) is 0. The van der Waals surface area contributed by atoms with Crippen molar-refractivity contribution in [3.05, 3.63) is 77.4 Å². The van der Waals surface area contributed by atoms with E-state index in [1.807, 2.05) is 49.4 Å². The average Bonchev–Trinajstić information content (AvgIpc) is 3.11. The molecule has 1 aliphatic carbocycles. The van der Waals surface area contributed by atoms with Gasteiger partial charge >= 0.3 is 0 Å². The normalized spacial score (nSPS) is 17.4. The first-order chi connectivity index (χ1) is 14.5. The minimum atomic E-state index is -1.22. The fourth-order valence-electron chi connectivity index (χ4n) is 3.84. The predicted octanol–water partition coefficient (Wildman–Crippen LogP) is 3.16. The van der Waals surface area contributed by atoms with E-state index in [9.17, 15) is 5.11 Å². The van der Waals surface area contributed by atoms with Crippen LogP contribution in [0.4, 0.5) is 5.82 Å². The van der Waals surface area contributed by atoms with Crippen molar-refractivity contribution >= 4 is 16.7 Å². The van der Waals surface area contributed by atoms with E-state index in [-0.39, 0.29) is 0 Å². The van der Waals surface area contributed by atoms with E-state index in [1.54, 1.807) is 12.4 Å². The molecule has 0 saturated heterocycles. The summed E-state index contributed by atoms with van der Waals surface area (Å²) >= 11 is 0. The molecule has 0 saturated carbocycles. The van der Waals surface area contributed by atoms with Crippen LogP contribution in [0.3, 0.4) is 0 Å². The number of aryl methyl sites for hydroxylation is 2. The Morgan fingerprint density at radius 3 is 2.87 bits per heavy atom. The smallest absolute Gasteiger partial charge is 0.168 e. The number of benzene rings is 1. The highest BCUT2D eigenvalue weighted by atomic mass is 16.3. The number of fused-ring (bicyclic) bond motifs is 2. The highest BCUT2D eigenvalue weighted by Gasteiger charge is 2.36. The zero-order chi connectivity index (χ0) is 20.7. The van der Waals surface area contributed by atoms with Crippen molar-refractivity contribution in [2.24, 2.45) is 0 Å². The first-order valence-corrected chi connectivity index (χ1v) is 9.73. The van der Waals surface area contributed by atoms with E-state index in [4.69, 9.17) is 5.73 Å². The van der Waals surface area contributed by atoms with Gasteiger partial charge in [-0.3, -0.25) is 4.98 Å². The highest BCUT2D eigenvalue weighted by Crippen LogP contribution is 2.34. The number of nitrogen functional groups attached to an aromatic ring is 1. The number of nitrogens with zero attached hydrogens (tertiary/aromatic N) is 4. The van der Waals surface area contributed by atoms with Crippen LogP contribution in [0.5, 0.6) is 0 Å². The zero-order valence-electron chi connectivity index (χ0n) is 16.4. The van der Waals surface area contributed by atoms with Crippen LogP contribution in [0.15, 0.2) is 54.9 Å². The third-order valence-corrected chi connectivity index (χ3v) is 5.41. The van der Waals surface area contributed by atoms with Crippen molar-refractivity contribution in [2.75, 3.05) is 5.73 Å². The minimum absolute atomic E-state index is 0.379. The second kappa shape index (κ2) is 6.90. The Bertz CT molecular complexity index is 1350. The van der Waals surface area contributed by atoms with Gasteiger partial charge in [-0.05, 0) is 49.6 Å². The summed E-state index contributed by atoms with van der Waals surface area (Å²) in [5.41, 5.74) is 9.57. The quantitative estimate of drug-likeness (QED) is 0.482. The summed E-state index contributed by atoms with van der Waals surface area (Å²) in [5, 5.41) is 11.9. The molecular weight excluding hydrogens is 374 g/mol. The number of nitrogens with two attached hydrogens (primary N) is 1. The SMILES string of the molecule is Cc1nc(-c2cccc(C#C[C@]3(O)CCc4cccnc43)c2)nc2c(N)nccc12. The first kappa shape index (κ1) is 18.2. The maximum atomic E-state index is 11.0. The summed E-state index contributed by atoms with van der Waals surface area (Å²) in [6.45, 7) is 1.93. The summed E-state index contributed by atoms with van der Waals surface area (Å²) < 4.78 is 0. The van der Waals surface area contributed by atoms with Crippen LogP contribution in [0.1, 0.15) is 28.9 Å². The van der Waals surface area contributed by atoms with Crippen molar-refractivity contribution in [2.45, 2.75) is 25.4 Å². The number of aliphatic hydroxyl groups is 1. The second-order valence-electron chi connectivity index (χ2n) is 7.43. The monoisotopic (exact) mass is 393 g/mol. The molecule has 0 unspecified atom stereocenters. The second-order valence-corrected chi connectivity index (χ2v) is 7.43. The standard InChI is InChI=1S/C24H19N5O/c1-15-19-9-13-27-22(25)20(19)29-23(28-15)18-5-2-4-16(14-18)7-10-24(30)11-8-17-6-3-12-26-21(17)24/h2-6,9,12-14,30H,8,11H2,1H3,(H2,25,27)/t24-/m0/s1. The van der Waals surface area contributed by atoms with Crippen molar-refractivity contribution in [1.29, 1.82) is 0 Å². The summed E-state index contributed by atoms with van der Waals surface area (Å²) in [4.78, 5) is 17.7. The highest BCUT2D eigenvalue weighted by molar-refractivity contribution is 5.89. The number of pyridine rings is 2. The van der Waals surface area contributed by atoms with Crippen LogP contribution < -0.4 is 5.73 Å². The molecule has 1 aliphatic rings. The van der Waals surface area contributed by atoms with Crippen LogP contribution in [-0.2, 0) is 12.0 Å². The molecule has 3 N–H and O–H groups in total. The van der Waals surface area contributed by atoms with Gasteiger partial charge in [-0.15, -0.1) is 0 Å². The lowest BCUT2D eigenvalue weighted by Crippen LogP contribution is -2.20. The third kappa shape index (κ3) is 3.06. The summed E-state index contributed by atoms with van der Waals surface area (Å²) in [5.74, 6) is 7.08.